The van der Waals surface area contributed by atoms with Crippen molar-refractivity contribution in [3.05, 3.63) is 0 Å². The third kappa shape index (κ3) is 2.13. The van der Waals surface area contributed by atoms with Gasteiger partial charge in [-0.25, -0.2) is 0 Å². The first kappa shape index (κ1) is 12.0. The molecule has 14 heavy (non-hydrogen) atoms. The summed E-state index contributed by atoms with van der Waals surface area (Å²) in [6.07, 6.45) is 4.02. The van der Waals surface area contributed by atoms with Crippen LogP contribution in [-0.4, -0.2) is 13.1 Å². The fourth-order valence-electron chi connectivity index (χ4n) is 2.59. The van der Waals surface area contributed by atoms with Crippen LogP contribution in [0.4, 0.5) is 0 Å². The van der Waals surface area contributed by atoms with E-state index in [-0.39, 0.29) is 0 Å². The minimum absolute atomic E-state index is 0.546. The van der Waals surface area contributed by atoms with E-state index in [2.05, 4.69) is 39.9 Å². The van der Waals surface area contributed by atoms with Gasteiger partial charge in [-0.05, 0) is 36.3 Å². The Kier molecular flexibility index (Phi) is 3.63. The quantitative estimate of drug-likeness (QED) is 0.643. The van der Waals surface area contributed by atoms with Gasteiger partial charge in [0.05, 0.1) is 0 Å². The van der Waals surface area contributed by atoms with Crippen LogP contribution in [0.3, 0.4) is 0 Å². The van der Waals surface area contributed by atoms with Gasteiger partial charge >= 0.3 is 0 Å². The van der Waals surface area contributed by atoms with Gasteiger partial charge in [0.2, 0.25) is 0 Å². The highest BCUT2D eigenvalue weighted by Gasteiger charge is 2.63. The van der Waals surface area contributed by atoms with Crippen molar-refractivity contribution in [3.8, 4) is 0 Å². The van der Waals surface area contributed by atoms with Gasteiger partial charge in [-0.15, -0.1) is 0 Å². The zero-order valence-corrected chi connectivity index (χ0v) is 10.6. The molecule has 1 saturated carbocycles. The van der Waals surface area contributed by atoms with Crippen LogP contribution in [0.5, 0.6) is 0 Å². The van der Waals surface area contributed by atoms with Crippen LogP contribution >= 0.6 is 0 Å². The van der Waals surface area contributed by atoms with Crippen molar-refractivity contribution < 1.29 is 0 Å². The van der Waals surface area contributed by atoms with Gasteiger partial charge in [0, 0.05) is 0 Å². The molecule has 0 aromatic heterocycles. The van der Waals surface area contributed by atoms with Gasteiger partial charge in [-0.2, -0.15) is 0 Å². The first-order chi connectivity index (χ1) is 6.44. The fourth-order valence-corrected chi connectivity index (χ4v) is 2.59. The summed E-state index contributed by atoms with van der Waals surface area (Å²) in [7, 11) is 0. The lowest BCUT2D eigenvalue weighted by atomic mass is 10.0. The van der Waals surface area contributed by atoms with Crippen LogP contribution in [0.1, 0.15) is 53.9 Å². The monoisotopic (exact) mass is 197 g/mol. The summed E-state index contributed by atoms with van der Waals surface area (Å²) in [5.41, 5.74) is 1.09. The molecular weight excluding hydrogens is 170 g/mol. The molecule has 0 aromatic carbocycles. The average Bonchev–Trinajstić information content (AvgIpc) is 2.46. The summed E-state index contributed by atoms with van der Waals surface area (Å²) in [6, 6.07) is 0. The van der Waals surface area contributed by atoms with Crippen molar-refractivity contribution in [3.63, 3.8) is 0 Å². The Morgan fingerprint density at radius 1 is 1.00 bits per heavy atom. The summed E-state index contributed by atoms with van der Waals surface area (Å²) in [5.74, 6) is 0.872. The Morgan fingerprint density at radius 3 is 2.00 bits per heavy atom. The third-order valence-corrected chi connectivity index (χ3v) is 4.63. The molecule has 84 valence electrons. The van der Waals surface area contributed by atoms with Crippen LogP contribution in [0.2, 0.25) is 0 Å². The maximum Gasteiger partial charge on any atom is -0.000989 e. The van der Waals surface area contributed by atoms with Gasteiger partial charge in [0.25, 0.3) is 0 Å². The lowest BCUT2D eigenvalue weighted by Crippen LogP contribution is -2.20. The minimum Gasteiger partial charge on any atom is -0.316 e. The van der Waals surface area contributed by atoms with E-state index < -0.39 is 0 Å². The molecule has 0 spiro atoms. The van der Waals surface area contributed by atoms with Crippen molar-refractivity contribution in [1.82, 2.24) is 5.32 Å². The number of unbranched alkanes of at least 4 members (excludes halogenated alkanes) is 2. The van der Waals surface area contributed by atoms with E-state index in [9.17, 15) is 0 Å². The van der Waals surface area contributed by atoms with E-state index in [1.807, 2.05) is 0 Å². The van der Waals surface area contributed by atoms with Gasteiger partial charge in [0.15, 0.2) is 0 Å². The lowest BCUT2D eigenvalue weighted by Gasteiger charge is -2.05. The smallest absolute Gasteiger partial charge is 0.000989 e. The molecule has 0 amide bonds. The van der Waals surface area contributed by atoms with Gasteiger partial charge in [0.1, 0.15) is 0 Å². The van der Waals surface area contributed by atoms with Crippen molar-refractivity contribution in [1.29, 1.82) is 0 Å². The summed E-state index contributed by atoms with van der Waals surface area (Å²) in [5, 5.41) is 3.59. The van der Waals surface area contributed by atoms with E-state index in [1.54, 1.807) is 0 Å². The molecule has 1 aliphatic rings. The summed E-state index contributed by atoms with van der Waals surface area (Å²) >= 11 is 0. The number of hydrogen-bond donors (Lipinski definition) is 1. The molecule has 0 aliphatic heterocycles. The molecule has 1 aliphatic carbocycles. The zero-order valence-electron chi connectivity index (χ0n) is 10.6. The molecule has 0 radical (unpaired) electrons. The van der Waals surface area contributed by atoms with Gasteiger partial charge in [-0.1, -0.05) is 47.5 Å². The van der Waals surface area contributed by atoms with E-state index >= 15 is 0 Å². The number of hydrogen-bond acceptors (Lipinski definition) is 1. The first-order valence-electron chi connectivity index (χ1n) is 6.15. The van der Waals surface area contributed by atoms with Crippen molar-refractivity contribution in [2.45, 2.75) is 53.9 Å². The molecule has 0 heterocycles. The van der Waals surface area contributed by atoms with E-state index in [4.69, 9.17) is 0 Å². The van der Waals surface area contributed by atoms with Crippen molar-refractivity contribution >= 4 is 0 Å². The molecular formula is C13H27N. The topological polar surface area (TPSA) is 12.0 Å². The molecule has 0 unspecified atom stereocenters. The minimum atomic E-state index is 0.546. The molecule has 1 N–H and O–H groups in total. The summed E-state index contributed by atoms with van der Waals surface area (Å²) in [6.45, 7) is 14.3. The molecule has 1 rings (SSSR count). The Bertz CT molecular complexity index is 168. The van der Waals surface area contributed by atoms with Crippen LogP contribution in [0.25, 0.3) is 0 Å². The predicted octanol–water partition coefficient (Wildman–Crippen LogP) is 3.45. The van der Waals surface area contributed by atoms with Gasteiger partial charge < -0.3 is 5.32 Å². The van der Waals surface area contributed by atoms with E-state index in [1.165, 1.54) is 32.4 Å². The Morgan fingerprint density at radius 2 is 1.57 bits per heavy atom. The average molecular weight is 197 g/mol. The largest absolute Gasteiger partial charge is 0.316 e. The summed E-state index contributed by atoms with van der Waals surface area (Å²) < 4.78 is 0. The highest BCUT2D eigenvalue weighted by Crippen LogP contribution is 2.67. The number of nitrogens with one attached hydrogen (secondary N) is 1. The van der Waals surface area contributed by atoms with Gasteiger partial charge in [-0.3, -0.25) is 0 Å². The normalized spacial score (nSPS) is 23.8. The molecule has 0 aromatic rings. The fraction of sp³-hybridized carbons (Fsp3) is 1.00. The second-order valence-electron chi connectivity index (χ2n) is 5.91. The van der Waals surface area contributed by atoms with Crippen molar-refractivity contribution in [2.24, 2.45) is 16.7 Å². The maximum atomic E-state index is 3.59. The predicted molar refractivity (Wildman–Crippen MR) is 63.4 cm³/mol. The SMILES string of the molecule is CCCCCNCC1C(C)(C)C1(C)C. The van der Waals surface area contributed by atoms with Crippen LogP contribution in [0.15, 0.2) is 0 Å². The second kappa shape index (κ2) is 4.22. The maximum absolute atomic E-state index is 3.59. The molecule has 0 bridgehead atoms. The Hall–Kier alpha value is -0.0400. The standard InChI is InChI=1S/C13H27N/c1-6-7-8-9-14-10-11-12(2,3)13(11,4)5/h11,14H,6-10H2,1-5H3. The molecule has 1 heteroatoms. The lowest BCUT2D eigenvalue weighted by molar-refractivity contribution is 0.457. The number of rotatable bonds is 6. The van der Waals surface area contributed by atoms with Crippen LogP contribution < -0.4 is 5.32 Å². The molecule has 0 atom stereocenters. The van der Waals surface area contributed by atoms with E-state index in [0.29, 0.717) is 10.8 Å². The molecule has 1 fully saturated rings. The highest BCUT2D eigenvalue weighted by molar-refractivity contribution is 5.12. The van der Waals surface area contributed by atoms with E-state index in [0.717, 1.165) is 5.92 Å². The Balaban J connectivity index is 2.10. The molecule has 1 nitrogen and oxygen atoms in total. The molecule has 0 saturated heterocycles. The van der Waals surface area contributed by atoms with Crippen molar-refractivity contribution in [2.75, 3.05) is 13.1 Å². The summed E-state index contributed by atoms with van der Waals surface area (Å²) in [4.78, 5) is 0. The first-order valence-corrected chi connectivity index (χ1v) is 6.15. The highest BCUT2D eigenvalue weighted by atomic mass is 14.9. The Labute approximate surface area is 89.7 Å². The van der Waals surface area contributed by atoms with Crippen LogP contribution in [0, 0.1) is 16.7 Å². The zero-order chi connectivity index (χ0) is 10.8. The van der Waals surface area contributed by atoms with Crippen LogP contribution in [-0.2, 0) is 0 Å². The second-order valence-corrected chi connectivity index (χ2v) is 5.91. The third-order valence-electron chi connectivity index (χ3n) is 4.63.